The monoisotopic (exact) mass is 199 g/mol. The Balaban J connectivity index is 2.56. The summed E-state index contributed by atoms with van der Waals surface area (Å²) in [6.07, 6.45) is 1.79. The van der Waals surface area contributed by atoms with Gasteiger partial charge in [-0.3, -0.25) is 4.98 Å². The van der Waals surface area contributed by atoms with Crippen LogP contribution in [-0.2, 0) is 0 Å². The minimum absolute atomic E-state index is 0.860. The van der Waals surface area contributed by atoms with Crippen molar-refractivity contribution in [3.63, 3.8) is 0 Å². The van der Waals surface area contributed by atoms with Gasteiger partial charge in [0.25, 0.3) is 0 Å². The average molecular weight is 199 g/mol. The third-order valence-corrected chi connectivity index (χ3v) is 2.30. The summed E-state index contributed by atoms with van der Waals surface area (Å²) >= 11 is 0. The molecule has 0 fully saturated rings. The van der Waals surface area contributed by atoms with Gasteiger partial charge in [0, 0.05) is 11.8 Å². The molecule has 0 aliphatic carbocycles. The molecular weight excluding hydrogens is 186 g/mol. The first kappa shape index (κ1) is 9.71. The number of aryl methyl sites for hydroxylation is 1. The fourth-order valence-electron chi connectivity index (χ4n) is 1.54. The molecule has 0 amide bonds. The molecule has 15 heavy (non-hydrogen) atoms. The molecule has 76 valence electrons. The largest absolute Gasteiger partial charge is 0.496 e. The molecule has 2 nitrogen and oxygen atoms in total. The lowest BCUT2D eigenvalue weighted by Crippen LogP contribution is -1.90. The van der Waals surface area contributed by atoms with Crippen molar-refractivity contribution in [3.8, 4) is 17.0 Å². The van der Waals surface area contributed by atoms with Crippen molar-refractivity contribution in [3.05, 3.63) is 48.2 Å². The maximum atomic E-state index is 5.31. The van der Waals surface area contributed by atoms with E-state index in [4.69, 9.17) is 4.74 Å². The highest BCUT2D eigenvalue weighted by Crippen LogP contribution is 2.28. The Kier molecular flexibility index (Phi) is 2.68. The molecule has 0 atom stereocenters. The van der Waals surface area contributed by atoms with Gasteiger partial charge in [-0.1, -0.05) is 17.7 Å². The molecule has 0 aliphatic heterocycles. The van der Waals surface area contributed by atoms with Gasteiger partial charge in [-0.2, -0.15) is 0 Å². The van der Waals surface area contributed by atoms with Crippen molar-refractivity contribution in [1.82, 2.24) is 4.98 Å². The maximum Gasteiger partial charge on any atom is 0.128 e. The van der Waals surface area contributed by atoms with E-state index in [1.165, 1.54) is 5.56 Å². The van der Waals surface area contributed by atoms with Crippen LogP contribution < -0.4 is 4.74 Å². The van der Waals surface area contributed by atoms with Gasteiger partial charge in [0.15, 0.2) is 0 Å². The van der Waals surface area contributed by atoms with E-state index in [1.54, 1.807) is 13.3 Å². The zero-order valence-electron chi connectivity index (χ0n) is 8.90. The van der Waals surface area contributed by atoms with E-state index in [0.29, 0.717) is 0 Å². The molecule has 0 radical (unpaired) electrons. The Morgan fingerprint density at radius 2 is 2.00 bits per heavy atom. The molecule has 0 N–H and O–H groups in total. The van der Waals surface area contributed by atoms with Crippen LogP contribution in [0.3, 0.4) is 0 Å². The molecule has 0 saturated carbocycles. The average Bonchev–Trinajstić information content (AvgIpc) is 2.30. The third-order valence-electron chi connectivity index (χ3n) is 2.30. The highest BCUT2D eigenvalue weighted by atomic mass is 16.5. The predicted octanol–water partition coefficient (Wildman–Crippen LogP) is 3.07. The number of nitrogens with zero attached hydrogens (tertiary/aromatic N) is 1. The van der Waals surface area contributed by atoms with Crippen LogP contribution in [0.1, 0.15) is 5.56 Å². The standard InChI is InChI=1S/C13H13NO/c1-10-6-7-13(15-2)11(9-10)12-5-3-4-8-14-12/h3-9H,1-2H3. The molecule has 2 aromatic rings. The zero-order chi connectivity index (χ0) is 10.7. The highest BCUT2D eigenvalue weighted by molar-refractivity contribution is 5.67. The molecule has 2 heteroatoms. The van der Waals surface area contributed by atoms with Crippen LogP contribution in [0.5, 0.6) is 5.75 Å². The van der Waals surface area contributed by atoms with Gasteiger partial charge in [0.05, 0.1) is 12.8 Å². The second-order valence-corrected chi connectivity index (χ2v) is 3.42. The van der Waals surface area contributed by atoms with Gasteiger partial charge in [0.1, 0.15) is 5.75 Å². The number of aromatic nitrogens is 1. The van der Waals surface area contributed by atoms with Crippen LogP contribution in [-0.4, -0.2) is 12.1 Å². The lowest BCUT2D eigenvalue weighted by molar-refractivity contribution is 0.416. The molecule has 1 aromatic heterocycles. The lowest BCUT2D eigenvalue weighted by atomic mass is 10.1. The summed E-state index contributed by atoms with van der Waals surface area (Å²) in [5.74, 6) is 0.860. The van der Waals surface area contributed by atoms with Gasteiger partial charge in [-0.15, -0.1) is 0 Å². The van der Waals surface area contributed by atoms with Crippen LogP contribution in [0, 0.1) is 6.92 Å². The Morgan fingerprint density at radius 3 is 2.67 bits per heavy atom. The SMILES string of the molecule is COc1ccc(C)cc1-c1ccccn1. The Labute approximate surface area is 89.6 Å². The Bertz CT molecular complexity index is 451. The molecule has 2 rings (SSSR count). The number of rotatable bonds is 2. The van der Waals surface area contributed by atoms with E-state index >= 15 is 0 Å². The summed E-state index contributed by atoms with van der Waals surface area (Å²) in [6, 6.07) is 12.0. The van der Waals surface area contributed by atoms with E-state index in [9.17, 15) is 0 Å². The fraction of sp³-hybridized carbons (Fsp3) is 0.154. The minimum Gasteiger partial charge on any atom is -0.496 e. The molecule has 0 bridgehead atoms. The topological polar surface area (TPSA) is 22.1 Å². The van der Waals surface area contributed by atoms with Crippen molar-refractivity contribution in [2.45, 2.75) is 6.92 Å². The molecule has 1 heterocycles. The van der Waals surface area contributed by atoms with Crippen LogP contribution >= 0.6 is 0 Å². The maximum absolute atomic E-state index is 5.31. The smallest absolute Gasteiger partial charge is 0.128 e. The van der Waals surface area contributed by atoms with Crippen molar-refractivity contribution in [1.29, 1.82) is 0 Å². The quantitative estimate of drug-likeness (QED) is 0.741. The molecule has 0 unspecified atom stereocenters. The summed E-state index contributed by atoms with van der Waals surface area (Å²) in [6.45, 7) is 2.06. The lowest BCUT2D eigenvalue weighted by Gasteiger charge is -2.08. The predicted molar refractivity (Wildman–Crippen MR) is 61.0 cm³/mol. The molecule has 0 aliphatic rings. The summed E-state index contributed by atoms with van der Waals surface area (Å²) in [5.41, 5.74) is 3.19. The molecule has 1 aromatic carbocycles. The molecule has 0 saturated heterocycles. The molecular formula is C13H13NO. The highest BCUT2D eigenvalue weighted by Gasteiger charge is 2.05. The van der Waals surface area contributed by atoms with E-state index in [0.717, 1.165) is 17.0 Å². The number of pyridine rings is 1. The first-order valence-electron chi connectivity index (χ1n) is 4.87. The normalized spacial score (nSPS) is 10.0. The molecule has 0 spiro atoms. The number of hydrogen-bond donors (Lipinski definition) is 0. The number of hydrogen-bond acceptors (Lipinski definition) is 2. The fourth-order valence-corrected chi connectivity index (χ4v) is 1.54. The zero-order valence-corrected chi connectivity index (χ0v) is 8.90. The Hall–Kier alpha value is -1.83. The van der Waals surface area contributed by atoms with Crippen molar-refractivity contribution in [2.75, 3.05) is 7.11 Å². The van der Waals surface area contributed by atoms with E-state index in [2.05, 4.69) is 18.0 Å². The summed E-state index contributed by atoms with van der Waals surface area (Å²) in [4.78, 5) is 4.32. The van der Waals surface area contributed by atoms with Gasteiger partial charge >= 0.3 is 0 Å². The second kappa shape index (κ2) is 4.13. The van der Waals surface area contributed by atoms with E-state index < -0.39 is 0 Å². The van der Waals surface area contributed by atoms with Crippen LogP contribution in [0.15, 0.2) is 42.6 Å². The number of benzene rings is 1. The third kappa shape index (κ3) is 1.99. The first-order chi connectivity index (χ1) is 7.31. The summed E-state index contributed by atoms with van der Waals surface area (Å²) in [7, 11) is 1.68. The van der Waals surface area contributed by atoms with Gasteiger partial charge in [-0.25, -0.2) is 0 Å². The number of ether oxygens (including phenoxy) is 1. The van der Waals surface area contributed by atoms with Crippen LogP contribution in [0.2, 0.25) is 0 Å². The van der Waals surface area contributed by atoms with Crippen LogP contribution in [0.4, 0.5) is 0 Å². The van der Waals surface area contributed by atoms with Crippen molar-refractivity contribution in [2.24, 2.45) is 0 Å². The van der Waals surface area contributed by atoms with Gasteiger partial charge in [0.2, 0.25) is 0 Å². The van der Waals surface area contributed by atoms with Crippen molar-refractivity contribution >= 4 is 0 Å². The number of methoxy groups -OCH3 is 1. The first-order valence-corrected chi connectivity index (χ1v) is 4.87. The van der Waals surface area contributed by atoms with Gasteiger partial charge < -0.3 is 4.74 Å². The van der Waals surface area contributed by atoms with E-state index in [1.807, 2.05) is 30.3 Å². The summed E-state index contributed by atoms with van der Waals surface area (Å²) < 4.78 is 5.31. The van der Waals surface area contributed by atoms with E-state index in [-0.39, 0.29) is 0 Å². The minimum atomic E-state index is 0.860. The summed E-state index contributed by atoms with van der Waals surface area (Å²) in [5, 5.41) is 0. The Morgan fingerprint density at radius 1 is 1.13 bits per heavy atom. The van der Waals surface area contributed by atoms with Gasteiger partial charge in [-0.05, 0) is 31.2 Å². The van der Waals surface area contributed by atoms with Crippen molar-refractivity contribution < 1.29 is 4.74 Å². The second-order valence-electron chi connectivity index (χ2n) is 3.42. The van der Waals surface area contributed by atoms with Crippen LogP contribution in [0.25, 0.3) is 11.3 Å².